The minimum absolute atomic E-state index is 0.748. The maximum atomic E-state index is 5.26. The number of anilines is 2. The van der Waals surface area contributed by atoms with Crippen molar-refractivity contribution in [1.82, 2.24) is 0 Å². The highest BCUT2D eigenvalue weighted by molar-refractivity contribution is 7.88. The molecule has 0 saturated heterocycles. The summed E-state index contributed by atoms with van der Waals surface area (Å²) < 4.78 is 0. The minimum atomic E-state index is -0.840. The summed E-state index contributed by atoms with van der Waals surface area (Å²) in [7, 11) is -1.68. The zero-order chi connectivity index (χ0) is 49.4. The number of benzene rings is 8. The van der Waals surface area contributed by atoms with Crippen LogP contribution in [0.2, 0.25) is 0 Å². The Labute approximate surface area is 428 Å². The normalized spacial score (nSPS) is 11.1. The zero-order valence-electron chi connectivity index (χ0n) is 40.7. The molecule has 0 aliphatic heterocycles. The average molecular weight is 981 g/mol. The first-order valence-electron chi connectivity index (χ1n) is 24.7. The van der Waals surface area contributed by atoms with Gasteiger partial charge in [0.15, 0.2) is 0 Å². The van der Waals surface area contributed by atoms with Crippen LogP contribution in [-0.4, -0.2) is 49.3 Å². The van der Waals surface area contributed by atoms with E-state index in [9.17, 15) is 0 Å². The molecule has 360 valence electrons. The van der Waals surface area contributed by atoms with Gasteiger partial charge in [-0.3, -0.25) is 9.98 Å². The summed E-state index contributed by atoms with van der Waals surface area (Å²) in [5, 5.41) is 12.6. The lowest BCUT2D eigenvalue weighted by Crippen LogP contribution is -2.24. The molecular weight excluding hydrogens is 919 g/mol. The molecular formula is C62H62N8P2. The Bertz CT molecular complexity index is 2630. The van der Waals surface area contributed by atoms with Crippen molar-refractivity contribution in [3.8, 4) is 0 Å². The standard InChI is InChI=1S/C43H42N4P2.C19H20N4/c1-8-22-36(23-9-1)46-42(48(38-26-12-3-13-27-38)39-28-14-4-15-29-39)44-34-20-7-21-35-45-43(47-37-24-10-2-11-25-37)49(40-30-16-5-17-31-40)41-32-18-6-19-33-41;1-4-10-18(11-5-1)22-16-20-14-8-3-9-15-21-17-23-19-12-6-2-7-13-19/h1-6,8-19,22-33H,7,20-21,34-35H2,(H,44,46)(H,45,47);1-2,4-7,10-13H,3,8-9,14-15H2. The van der Waals surface area contributed by atoms with Gasteiger partial charge in [0.05, 0.1) is 23.4 Å². The molecule has 8 aromatic rings. The van der Waals surface area contributed by atoms with Gasteiger partial charge in [0, 0.05) is 53.4 Å². The molecule has 0 amide bonds. The van der Waals surface area contributed by atoms with E-state index in [1.807, 2.05) is 72.8 Å². The van der Waals surface area contributed by atoms with Crippen LogP contribution in [0.25, 0.3) is 0 Å². The monoisotopic (exact) mass is 980 g/mol. The molecule has 0 unspecified atom stereocenters. The molecule has 0 bridgehead atoms. The molecule has 8 nitrogen and oxygen atoms in total. The van der Waals surface area contributed by atoms with Crippen molar-refractivity contribution in [2.75, 3.05) is 36.8 Å². The second kappa shape index (κ2) is 31.5. The molecule has 0 spiro atoms. The van der Waals surface area contributed by atoms with Crippen LogP contribution in [0.5, 0.6) is 0 Å². The first kappa shape index (κ1) is 52.2. The van der Waals surface area contributed by atoms with Crippen LogP contribution in [0.15, 0.2) is 273 Å². The largest absolute Gasteiger partial charge is 0.340 e. The van der Waals surface area contributed by atoms with Crippen molar-refractivity contribution in [3.63, 3.8) is 0 Å². The Morgan fingerprint density at radius 2 is 0.569 bits per heavy atom. The van der Waals surface area contributed by atoms with E-state index in [4.69, 9.17) is 9.98 Å². The molecule has 0 fully saturated rings. The number of rotatable bonds is 22. The molecule has 8 rings (SSSR count). The summed E-state index contributed by atoms with van der Waals surface area (Å²) >= 11 is 0. The average Bonchev–Trinajstić information content (AvgIpc) is 3.44. The first-order valence-corrected chi connectivity index (χ1v) is 27.4. The van der Waals surface area contributed by atoms with Crippen LogP contribution in [0, 0.1) is 0 Å². The van der Waals surface area contributed by atoms with E-state index < -0.39 is 15.8 Å². The first-order chi connectivity index (χ1) is 35.8. The van der Waals surface area contributed by atoms with Gasteiger partial charge in [-0.25, -0.2) is 9.98 Å². The predicted molar refractivity (Wildman–Crippen MR) is 312 cm³/mol. The van der Waals surface area contributed by atoms with Crippen molar-refractivity contribution < 1.29 is 0 Å². The summed E-state index contributed by atoms with van der Waals surface area (Å²) in [6, 6.07) is 88.7. The lowest BCUT2D eigenvalue weighted by molar-refractivity contribution is 0.697. The Morgan fingerprint density at radius 1 is 0.306 bits per heavy atom. The molecule has 8 aromatic carbocycles. The van der Waals surface area contributed by atoms with Crippen LogP contribution < -0.4 is 31.9 Å². The third kappa shape index (κ3) is 18.6. The van der Waals surface area contributed by atoms with Crippen molar-refractivity contribution in [3.05, 3.63) is 243 Å². The summed E-state index contributed by atoms with van der Waals surface area (Å²) in [4.78, 5) is 27.1. The highest BCUT2D eigenvalue weighted by atomic mass is 31.1. The number of nitrogens with zero attached hydrogens (tertiary/aromatic N) is 6. The predicted octanol–water partition coefficient (Wildman–Crippen LogP) is 14.5. The highest BCUT2D eigenvalue weighted by Crippen LogP contribution is 2.37. The smallest absolute Gasteiger partial charge is 0.133 e. The van der Waals surface area contributed by atoms with Crippen LogP contribution >= 0.6 is 15.8 Å². The number of aliphatic imine (C=N–C) groups is 6. The third-order valence-electron chi connectivity index (χ3n) is 10.9. The highest BCUT2D eigenvalue weighted by Gasteiger charge is 2.22. The Kier molecular flexibility index (Phi) is 22.8. The van der Waals surface area contributed by atoms with E-state index in [1.54, 1.807) is 0 Å². The quantitative estimate of drug-likeness (QED) is 0.0306. The van der Waals surface area contributed by atoms with Gasteiger partial charge in [0.25, 0.3) is 0 Å². The number of nitrogens with one attached hydrogen (secondary N) is 2. The number of hydrogen-bond acceptors (Lipinski definition) is 6. The van der Waals surface area contributed by atoms with Crippen LogP contribution in [0.4, 0.5) is 22.7 Å². The maximum absolute atomic E-state index is 5.26. The van der Waals surface area contributed by atoms with Crippen molar-refractivity contribution in [1.29, 1.82) is 0 Å². The molecule has 0 atom stereocenters. The van der Waals surface area contributed by atoms with E-state index in [0.717, 1.165) is 98.6 Å². The SMILES string of the molecule is C(=NCCCCCN=C=Nc1ccccc1)=Nc1ccccc1.c1ccc(NC(=NCCCCCN=C(Nc2ccccc2)P(c2ccccc2)c2ccccc2)P(c2ccccc2)c2ccccc2)cc1. The van der Waals surface area contributed by atoms with Crippen molar-refractivity contribution in [2.24, 2.45) is 30.0 Å². The molecule has 0 radical (unpaired) electrons. The van der Waals surface area contributed by atoms with Gasteiger partial charge in [-0.1, -0.05) is 194 Å². The van der Waals surface area contributed by atoms with Gasteiger partial charge in [-0.15, -0.1) is 0 Å². The number of unbranched alkanes of at least 4 members (excludes halogenated alkanes) is 4. The third-order valence-corrected chi connectivity index (χ3v) is 15.5. The fourth-order valence-electron chi connectivity index (χ4n) is 7.35. The zero-order valence-corrected chi connectivity index (χ0v) is 42.5. The van der Waals surface area contributed by atoms with Gasteiger partial charge >= 0.3 is 0 Å². The van der Waals surface area contributed by atoms with E-state index >= 15 is 0 Å². The Hall–Kier alpha value is -7.68. The lowest BCUT2D eigenvalue weighted by atomic mass is 10.2. The summed E-state index contributed by atoms with van der Waals surface area (Å²) in [5.74, 6) is 0. The summed E-state index contributed by atoms with van der Waals surface area (Å²) in [6.07, 6.45) is 6.15. The second-order valence-electron chi connectivity index (χ2n) is 16.4. The molecule has 72 heavy (non-hydrogen) atoms. The van der Waals surface area contributed by atoms with Gasteiger partial charge in [-0.2, -0.15) is 9.98 Å². The fraction of sp³-hybridized carbons (Fsp3) is 0.161. The minimum Gasteiger partial charge on any atom is -0.340 e. The van der Waals surface area contributed by atoms with Crippen LogP contribution in [0.1, 0.15) is 38.5 Å². The van der Waals surface area contributed by atoms with Crippen molar-refractivity contribution >= 4 is 83.0 Å². The molecule has 0 heterocycles. The van der Waals surface area contributed by atoms with Crippen molar-refractivity contribution in [2.45, 2.75) is 38.5 Å². The summed E-state index contributed by atoms with van der Waals surface area (Å²) in [5.41, 5.74) is 5.93. The molecule has 10 heteroatoms. The molecule has 0 saturated carbocycles. The summed E-state index contributed by atoms with van der Waals surface area (Å²) in [6.45, 7) is 3.01. The topological polar surface area (TPSA) is 98.2 Å². The van der Waals surface area contributed by atoms with Gasteiger partial charge in [0.1, 0.15) is 11.2 Å². The van der Waals surface area contributed by atoms with Crippen LogP contribution in [-0.2, 0) is 0 Å². The molecule has 0 aliphatic rings. The Morgan fingerprint density at radius 3 is 0.875 bits per heavy atom. The van der Waals surface area contributed by atoms with E-state index in [0.29, 0.717) is 0 Å². The van der Waals surface area contributed by atoms with E-state index in [2.05, 4.69) is 212 Å². The van der Waals surface area contributed by atoms with Crippen LogP contribution in [0.3, 0.4) is 0 Å². The lowest BCUT2D eigenvalue weighted by Gasteiger charge is -2.22. The molecule has 0 aromatic heterocycles. The van der Waals surface area contributed by atoms with Gasteiger partial charge in [0.2, 0.25) is 0 Å². The van der Waals surface area contributed by atoms with Gasteiger partial charge in [-0.05, 0) is 108 Å². The number of hydrogen-bond donors (Lipinski definition) is 2. The van der Waals surface area contributed by atoms with E-state index in [-0.39, 0.29) is 0 Å². The number of amidine groups is 2. The molecule has 2 N–H and O–H groups in total. The Balaban J connectivity index is 0.000000277. The fourth-order valence-corrected chi connectivity index (χ4v) is 11.8. The number of para-hydroxylation sites is 4. The maximum Gasteiger partial charge on any atom is 0.133 e. The van der Waals surface area contributed by atoms with Gasteiger partial charge < -0.3 is 10.6 Å². The second-order valence-corrected chi connectivity index (χ2v) is 20.6. The molecule has 0 aliphatic carbocycles. The van der Waals surface area contributed by atoms with E-state index in [1.165, 1.54) is 21.2 Å².